The second-order valence-corrected chi connectivity index (χ2v) is 7.02. The Kier molecular flexibility index (Phi) is 7.34. The maximum atomic E-state index is 12.9. The Labute approximate surface area is 147 Å². The molecule has 1 aromatic heterocycles. The average molecular weight is 353 g/mol. The highest BCUT2D eigenvalue weighted by molar-refractivity contribution is 7.99. The smallest absolute Gasteiger partial charge is 0.123 e. The summed E-state index contributed by atoms with van der Waals surface area (Å²) in [6.07, 6.45) is 5.29. The van der Waals surface area contributed by atoms with Crippen LogP contribution in [0.3, 0.4) is 0 Å². The van der Waals surface area contributed by atoms with Crippen LogP contribution in [0.25, 0.3) is 0 Å². The van der Waals surface area contributed by atoms with Crippen molar-refractivity contribution in [2.45, 2.75) is 29.5 Å². The van der Waals surface area contributed by atoms with Gasteiger partial charge in [-0.1, -0.05) is 18.2 Å². The number of likely N-dealkylation sites (tertiary alicyclic amines) is 1. The molecule has 0 saturated carbocycles. The van der Waals surface area contributed by atoms with E-state index in [2.05, 4.69) is 16.0 Å². The Hall–Kier alpha value is -1.10. The van der Waals surface area contributed by atoms with E-state index in [1.54, 1.807) is 12.1 Å². The van der Waals surface area contributed by atoms with Crippen molar-refractivity contribution in [1.29, 1.82) is 0 Å². The van der Waals surface area contributed by atoms with Gasteiger partial charge in [-0.3, -0.25) is 0 Å². The molecule has 0 atom stereocenters. The lowest BCUT2D eigenvalue weighted by Gasteiger charge is -2.31. The molecule has 0 bridgehead atoms. The Balaban J connectivity index is 0.00000192. The zero-order valence-corrected chi connectivity index (χ0v) is 14.7. The third kappa shape index (κ3) is 5.79. The van der Waals surface area contributed by atoms with Crippen molar-refractivity contribution in [1.82, 2.24) is 9.88 Å². The van der Waals surface area contributed by atoms with Crippen LogP contribution >= 0.6 is 24.2 Å². The van der Waals surface area contributed by atoms with E-state index in [-0.39, 0.29) is 18.2 Å². The summed E-state index contributed by atoms with van der Waals surface area (Å²) < 4.78 is 12.9. The van der Waals surface area contributed by atoms with E-state index in [4.69, 9.17) is 0 Å². The first-order chi connectivity index (χ1) is 10.8. The molecule has 3 rings (SSSR count). The molecule has 2 heterocycles. The van der Waals surface area contributed by atoms with Gasteiger partial charge in [-0.05, 0) is 62.2 Å². The number of nitrogens with zero attached hydrogens (tertiary/aromatic N) is 2. The van der Waals surface area contributed by atoms with Gasteiger partial charge >= 0.3 is 0 Å². The molecule has 5 heteroatoms. The number of aromatic nitrogens is 1. The molecule has 2 aromatic rings. The lowest BCUT2D eigenvalue weighted by Crippen LogP contribution is -2.36. The Morgan fingerprint density at radius 1 is 1.09 bits per heavy atom. The van der Waals surface area contributed by atoms with Crippen LogP contribution in [0, 0.1) is 5.82 Å². The van der Waals surface area contributed by atoms with Crippen molar-refractivity contribution in [2.24, 2.45) is 0 Å². The minimum atomic E-state index is -0.156. The fourth-order valence-corrected chi connectivity index (χ4v) is 3.84. The van der Waals surface area contributed by atoms with Crippen LogP contribution in [0.1, 0.15) is 18.4 Å². The minimum absolute atomic E-state index is 0. The highest BCUT2D eigenvalue weighted by Gasteiger charge is 2.20. The quantitative estimate of drug-likeness (QED) is 0.791. The molecule has 0 radical (unpaired) electrons. The molecule has 2 nitrogen and oxygen atoms in total. The van der Waals surface area contributed by atoms with Gasteiger partial charge in [-0.25, -0.2) is 9.37 Å². The second kappa shape index (κ2) is 9.26. The van der Waals surface area contributed by atoms with Gasteiger partial charge in [0.1, 0.15) is 5.82 Å². The third-order valence-corrected chi connectivity index (χ3v) is 5.38. The number of piperidine rings is 1. The topological polar surface area (TPSA) is 16.1 Å². The predicted octanol–water partition coefficient (Wildman–Crippen LogP) is 4.44. The largest absolute Gasteiger partial charge is 0.303 e. The van der Waals surface area contributed by atoms with Crippen molar-refractivity contribution < 1.29 is 4.39 Å². The minimum Gasteiger partial charge on any atom is -0.303 e. The molecule has 1 fully saturated rings. The molecular weight excluding hydrogens is 331 g/mol. The van der Waals surface area contributed by atoms with Crippen LogP contribution in [-0.2, 0) is 6.42 Å². The summed E-state index contributed by atoms with van der Waals surface area (Å²) in [5, 5.41) is 1.81. The fourth-order valence-electron chi connectivity index (χ4n) is 2.78. The maximum absolute atomic E-state index is 12.9. The summed E-state index contributed by atoms with van der Waals surface area (Å²) in [7, 11) is 0. The number of rotatable bonds is 5. The summed E-state index contributed by atoms with van der Waals surface area (Å²) >= 11 is 1.90. The third-order valence-electron chi connectivity index (χ3n) is 4.09. The molecule has 124 valence electrons. The number of halogens is 2. The molecule has 0 N–H and O–H groups in total. The van der Waals surface area contributed by atoms with E-state index >= 15 is 0 Å². The molecule has 0 amide bonds. The van der Waals surface area contributed by atoms with Gasteiger partial charge in [-0.15, -0.1) is 24.2 Å². The van der Waals surface area contributed by atoms with Crippen molar-refractivity contribution in [3.8, 4) is 0 Å². The summed E-state index contributed by atoms with van der Waals surface area (Å²) in [4.78, 5) is 6.91. The number of hydrogen-bond donors (Lipinski definition) is 0. The monoisotopic (exact) mass is 352 g/mol. The Morgan fingerprint density at radius 2 is 1.83 bits per heavy atom. The standard InChI is InChI=1S/C18H21FN2S.ClH/c19-16-6-4-15(5-7-16)8-12-21-13-9-17(10-14-21)22-18-3-1-2-11-20-18;/h1-7,11,17H,8-10,12-14H2;1H. The number of pyridine rings is 1. The summed E-state index contributed by atoms with van der Waals surface area (Å²) in [6, 6.07) is 13.0. The van der Waals surface area contributed by atoms with E-state index in [1.165, 1.54) is 18.4 Å². The molecule has 0 aliphatic carbocycles. The highest BCUT2D eigenvalue weighted by Crippen LogP contribution is 2.28. The second-order valence-electron chi connectivity index (χ2n) is 5.70. The van der Waals surface area contributed by atoms with E-state index in [0.29, 0.717) is 5.25 Å². The van der Waals surface area contributed by atoms with Gasteiger partial charge in [0.25, 0.3) is 0 Å². The first-order valence-corrected chi connectivity index (χ1v) is 8.72. The van der Waals surface area contributed by atoms with Gasteiger partial charge in [0, 0.05) is 18.0 Å². The SMILES string of the molecule is Cl.Fc1ccc(CCN2CCC(Sc3ccccn3)CC2)cc1. The summed E-state index contributed by atoms with van der Waals surface area (Å²) in [6.45, 7) is 3.35. The molecule has 1 aliphatic heterocycles. The van der Waals surface area contributed by atoms with E-state index < -0.39 is 0 Å². The first-order valence-electron chi connectivity index (χ1n) is 7.84. The van der Waals surface area contributed by atoms with Gasteiger partial charge < -0.3 is 4.90 Å². The van der Waals surface area contributed by atoms with Crippen LogP contribution in [0.2, 0.25) is 0 Å². The number of hydrogen-bond acceptors (Lipinski definition) is 3. The van der Waals surface area contributed by atoms with Gasteiger partial charge in [-0.2, -0.15) is 0 Å². The van der Waals surface area contributed by atoms with Gasteiger partial charge in [0.2, 0.25) is 0 Å². The van der Waals surface area contributed by atoms with E-state index in [9.17, 15) is 4.39 Å². The summed E-state index contributed by atoms with van der Waals surface area (Å²) in [5.41, 5.74) is 1.21. The van der Waals surface area contributed by atoms with E-state index in [1.807, 2.05) is 42.2 Å². The van der Waals surface area contributed by atoms with Gasteiger partial charge in [0.15, 0.2) is 0 Å². The molecule has 1 aliphatic rings. The molecule has 0 unspecified atom stereocenters. The van der Waals surface area contributed by atoms with Crippen LogP contribution in [0.4, 0.5) is 4.39 Å². The maximum Gasteiger partial charge on any atom is 0.123 e. The zero-order valence-electron chi connectivity index (χ0n) is 13.0. The van der Waals surface area contributed by atoms with Crippen LogP contribution in [-0.4, -0.2) is 34.8 Å². The molecular formula is C18H22ClFN2S. The average Bonchev–Trinajstić information content (AvgIpc) is 2.57. The highest BCUT2D eigenvalue weighted by atomic mass is 35.5. The molecule has 1 saturated heterocycles. The first kappa shape index (κ1) is 18.2. The van der Waals surface area contributed by atoms with E-state index in [0.717, 1.165) is 31.1 Å². The normalized spacial score (nSPS) is 16.0. The number of thioether (sulfide) groups is 1. The van der Waals surface area contributed by atoms with Crippen molar-refractivity contribution in [2.75, 3.05) is 19.6 Å². The Morgan fingerprint density at radius 3 is 2.48 bits per heavy atom. The zero-order chi connectivity index (χ0) is 15.2. The summed E-state index contributed by atoms with van der Waals surface area (Å²) in [5.74, 6) is -0.156. The molecule has 1 aromatic carbocycles. The van der Waals surface area contributed by atoms with Crippen LogP contribution < -0.4 is 0 Å². The van der Waals surface area contributed by atoms with Crippen LogP contribution in [0.15, 0.2) is 53.7 Å². The lowest BCUT2D eigenvalue weighted by molar-refractivity contribution is 0.235. The molecule has 23 heavy (non-hydrogen) atoms. The fraction of sp³-hybridized carbons (Fsp3) is 0.389. The predicted molar refractivity (Wildman–Crippen MR) is 96.9 cm³/mol. The molecule has 0 spiro atoms. The van der Waals surface area contributed by atoms with Crippen molar-refractivity contribution in [3.05, 3.63) is 60.0 Å². The van der Waals surface area contributed by atoms with Crippen molar-refractivity contribution in [3.63, 3.8) is 0 Å². The Bertz CT molecular complexity index is 571. The van der Waals surface area contributed by atoms with Crippen LogP contribution in [0.5, 0.6) is 0 Å². The lowest BCUT2D eigenvalue weighted by atomic mass is 10.1. The van der Waals surface area contributed by atoms with Crippen molar-refractivity contribution >= 4 is 24.2 Å². The van der Waals surface area contributed by atoms with Gasteiger partial charge in [0.05, 0.1) is 5.03 Å². The number of benzene rings is 1.